The fourth-order valence-corrected chi connectivity index (χ4v) is 2.42. The van der Waals surface area contributed by atoms with Gasteiger partial charge in [0, 0.05) is 6.20 Å². The van der Waals surface area contributed by atoms with Crippen molar-refractivity contribution < 1.29 is 5.11 Å². The Hall–Kier alpha value is -2.86. The summed E-state index contributed by atoms with van der Waals surface area (Å²) in [5.74, 6) is 0.173. The lowest BCUT2D eigenvalue weighted by Gasteiger charge is -2.15. The van der Waals surface area contributed by atoms with E-state index in [4.69, 9.17) is 0 Å². The van der Waals surface area contributed by atoms with Crippen molar-refractivity contribution in [3.05, 3.63) is 78.0 Å². The van der Waals surface area contributed by atoms with Crippen molar-refractivity contribution in [1.82, 2.24) is 4.98 Å². The maximum Gasteiger partial charge on any atom is 0.141 e. The van der Waals surface area contributed by atoms with Crippen LogP contribution in [0.2, 0.25) is 0 Å². The van der Waals surface area contributed by atoms with E-state index >= 15 is 0 Å². The maximum atomic E-state index is 9.93. The summed E-state index contributed by atoms with van der Waals surface area (Å²) in [7, 11) is 0. The highest BCUT2D eigenvalue weighted by Crippen LogP contribution is 2.33. The van der Waals surface area contributed by atoms with Crippen LogP contribution in [0.5, 0.6) is 5.75 Å². The number of aromatic hydroxyl groups is 1. The summed E-state index contributed by atoms with van der Waals surface area (Å²) in [5, 5.41) is 19.1. The first-order valence-corrected chi connectivity index (χ1v) is 6.67. The number of benzene rings is 1. The second kappa shape index (κ2) is 5.64. The normalized spacial score (nSPS) is 14.0. The lowest BCUT2D eigenvalue weighted by atomic mass is 9.90. The van der Waals surface area contributed by atoms with Gasteiger partial charge >= 0.3 is 0 Å². The molecule has 2 aromatic rings. The molecule has 3 heteroatoms. The largest absolute Gasteiger partial charge is 0.506 e. The first kappa shape index (κ1) is 13.1. The molecule has 1 N–H and O–H groups in total. The molecule has 3 rings (SSSR count). The molecule has 0 aliphatic heterocycles. The number of hydrogen-bond donors (Lipinski definition) is 1. The Morgan fingerprint density at radius 2 is 2.00 bits per heavy atom. The van der Waals surface area contributed by atoms with Gasteiger partial charge in [-0.15, -0.1) is 0 Å². The first-order valence-electron chi connectivity index (χ1n) is 6.67. The van der Waals surface area contributed by atoms with Crippen LogP contribution in [0.15, 0.2) is 54.7 Å². The zero-order valence-corrected chi connectivity index (χ0v) is 11.3. The number of allylic oxidation sites excluding steroid dienone is 4. The SMILES string of the molecule is N#Cc1ccccc1C1=C[CH]CC(c2ncccc2O)=C1. The van der Waals surface area contributed by atoms with Crippen molar-refractivity contribution in [3.8, 4) is 11.8 Å². The van der Waals surface area contributed by atoms with E-state index in [1.807, 2.05) is 36.8 Å². The number of nitriles is 1. The molecule has 0 saturated carbocycles. The van der Waals surface area contributed by atoms with Crippen LogP contribution < -0.4 is 0 Å². The van der Waals surface area contributed by atoms with E-state index in [2.05, 4.69) is 11.1 Å². The van der Waals surface area contributed by atoms with Crippen LogP contribution in [0.4, 0.5) is 0 Å². The average Bonchev–Trinajstić information content (AvgIpc) is 2.55. The van der Waals surface area contributed by atoms with Gasteiger partial charge in [-0.1, -0.05) is 24.3 Å². The summed E-state index contributed by atoms with van der Waals surface area (Å²) in [6, 6.07) is 13.0. The smallest absolute Gasteiger partial charge is 0.141 e. The molecule has 1 aromatic carbocycles. The Labute approximate surface area is 123 Å². The summed E-state index contributed by atoms with van der Waals surface area (Å²) in [6.45, 7) is 0. The van der Waals surface area contributed by atoms with E-state index in [0.29, 0.717) is 17.7 Å². The second-order valence-corrected chi connectivity index (χ2v) is 4.76. The molecular formula is C18H13N2O. The molecule has 0 fully saturated rings. The van der Waals surface area contributed by atoms with Crippen LogP contribution in [0.3, 0.4) is 0 Å². The molecule has 0 bridgehead atoms. The third-order valence-electron chi connectivity index (χ3n) is 3.41. The third kappa shape index (κ3) is 2.56. The Morgan fingerprint density at radius 3 is 2.81 bits per heavy atom. The zero-order chi connectivity index (χ0) is 14.7. The predicted molar refractivity (Wildman–Crippen MR) is 81.9 cm³/mol. The molecular weight excluding hydrogens is 260 g/mol. The van der Waals surface area contributed by atoms with Crippen molar-refractivity contribution in [2.45, 2.75) is 6.42 Å². The van der Waals surface area contributed by atoms with Gasteiger partial charge < -0.3 is 5.11 Å². The number of aromatic nitrogens is 1. The molecule has 1 aliphatic rings. The molecule has 1 radical (unpaired) electrons. The van der Waals surface area contributed by atoms with Gasteiger partial charge in [0.2, 0.25) is 0 Å². The topological polar surface area (TPSA) is 56.9 Å². The Bertz CT molecular complexity index is 782. The zero-order valence-electron chi connectivity index (χ0n) is 11.3. The number of rotatable bonds is 2. The minimum atomic E-state index is 0.173. The highest BCUT2D eigenvalue weighted by atomic mass is 16.3. The lowest BCUT2D eigenvalue weighted by Crippen LogP contribution is -1.97. The minimum absolute atomic E-state index is 0.173. The Kier molecular flexibility index (Phi) is 3.53. The average molecular weight is 273 g/mol. The van der Waals surface area contributed by atoms with Gasteiger partial charge in [0.1, 0.15) is 11.4 Å². The van der Waals surface area contributed by atoms with Crippen molar-refractivity contribution in [2.75, 3.05) is 0 Å². The van der Waals surface area contributed by atoms with Crippen LogP contribution in [-0.2, 0) is 0 Å². The number of pyridine rings is 1. The minimum Gasteiger partial charge on any atom is -0.506 e. The van der Waals surface area contributed by atoms with Crippen molar-refractivity contribution in [3.63, 3.8) is 0 Å². The first-order chi connectivity index (χ1) is 10.3. The van der Waals surface area contributed by atoms with Crippen LogP contribution in [0, 0.1) is 17.8 Å². The lowest BCUT2D eigenvalue weighted by molar-refractivity contribution is 0.470. The molecule has 101 valence electrons. The molecule has 1 heterocycles. The van der Waals surface area contributed by atoms with Crippen molar-refractivity contribution in [2.24, 2.45) is 0 Å². The van der Waals surface area contributed by atoms with Gasteiger partial charge in [-0.3, -0.25) is 4.98 Å². The van der Waals surface area contributed by atoms with Crippen LogP contribution >= 0.6 is 0 Å². The van der Waals surface area contributed by atoms with Gasteiger partial charge in [-0.05, 0) is 53.8 Å². The van der Waals surface area contributed by atoms with Crippen LogP contribution in [-0.4, -0.2) is 10.1 Å². The summed E-state index contributed by atoms with van der Waals surface area (Å²) >= 11 is 0. The summed E-state index contributed by atoms with van der Waals surface area (Å²) in [4.78, 5) is 4.24. The summed E-state index contributed by atoms with van der Waals surface area (Å²) < 4.78 is 0. The Balaban J connectivity index is 2.05. The van der Waals surface area contributed by atoms with Crippen molar-refractivity contribution >= 4 is 11.1 Å². The fourth-order valence-electron chi connectivity index (χ4n) is 2.42. The predicted octanol–water partition coefficient (Wildman–Crippen LogP) is 3.73. The molecule has 3 nitrogen and oxygen atoms in total. The highest BCUT2D eigenvalue weighted by molar-refractivity contribution is 5.88. The molecule has 0 amide bonds. The molecule has 1 aliphatic carbocycles. The van der Waals surface area contributed by atoms with E-state index < -0.39 is 0 Å². The van der Waals surface area contributed by atoms with E-state index in [1.54, 1.807) is 24.4 Å². The van der Waals surface area contributed by atoms with E-state index in [-0.39, 0.29) is 5.75 Å². The highest BCUT2D eigenvalue weighted by Gasteiger charge is 2.14. The van der Waals surface area contributed by atoms with Crippen LogP contribution in [0.25, 0.3) is 11.1 Å². The maximum absolute atomic E-state index is 9.93. The number of hydrogen-bond acceptors (Lipinski definition) is 3. The van der Waals surface area contributed by atoms with Crippen molar-refractivity contribution in [1.29, 1.82) is 5.26 Å². The second-order valence-electron chi connectivity index (χ2n) is 4.76. The summed E-state index contributed by atoms with van der Waals surface area (Å²) in [6.07, 6.45) is 8.38. The summed E-state index contributed by atoms with van der Waals surface area (Å²) in [5.41, 5.74) is 4.02. The van der Waals surface area contributed by atoms with Gasteiger partial charge in [0.25, 0.3) is 0 Å². The van der Waals surface area contributed by atoms with E-state index in [0.717, 1.165) is 16.7 Å². The van der Waals surface area contributed by atoms with Gasteiger partial charge in [-0.2, -0.15) is 5.26 Å². The molecule has 0 atom stereocenters. The van der Waals surface area contributed by atoms with Gasteiger partial charge in [-0.25, -0.2) is 0 Å². The molecule has 21 heavy (non-hydrogen) atoms. The molecule has 0 unspecified atom stereocenters. The molecule has 0 saturated heterocycles. The van der Waals surface area contributed by atoms with Gasteiger partial charge in [0.05, 0.1) is 11.6 Å². The monoisotopic (exact) mass is 273 g/mol. The molecule has 0 spiro atoms. The quantitative estimate of drug-likeness (QED) is 0.907. The number of nitrogens with zero attached hydrogens (tertiary/aromatic N) is 2. The van der Waals surface area contributed by atoms with E-state index in [1.165, 1.54) is 0 Å². The van der Waals surface area contributed by atoms with Gasteiger partial charge in [0.15, 0.2) is 0 Å². The van der Waals surface area contributed by atoms with E-state index in [9.17, 15) is 10.4 Å². The fraction of sp³-hybridized carbons (Fsp3) is 0.0556. The molecule has 1 aromatic heterocycles. The third-order valence-corrected chi connectivity index (χ3v) is 3.41. The van der Waals surface area contributed by atoms with Crippen LogP contribution in [0.1, 0.15) is 23.2 Å². The Morgan fingerprint density at radius 1 is 1.14 bits per heavy atom. The standard InChI is InChI=1S/C18H13N2O/c19-12-15-5-1-2-8-16(15)13-6-3-7-14(11-13)18-17(21)9-4-10-20-18/h1-6,8-11,21H,7H2.